The maximum atomic E-state index is 4.17. The lowest BCUT2D eigenvalue weighted by Crippen LogP contribution is -3.00. The minimum atomic E-state index is 0. The Hall–Kier alpha value is 0.160. The van der Waals surface area contributed by atoms with Gasteiger partial charge in [-0.15, -0.1) is 0 Å². The number of aliphatic imine (C=N–C) groups is 1. The van der Waals surface area contributed by atoms with Crippen molar-refractivity contribution >= 4 is 5.96 Å². The SMILES string of the molecule is CN=C(N(C)C)[N+](C)(C)C.[I-]. The lowest BCUT2D eigenvalue weighted by atomic mass is 10.6. The van der Waals surface area contributed by atoms with Crippen LogP contribution >= 0.6 is 0 Å². The van der Waals surface area contributed by atoms with Crippen molar-refractivity contribution in [3.8, 4) is 0 Å². The maximum absolute atomic E-state index is 4.17. The summed E-state index contributed by atoms with van der Waals surface area (Å²) in [7, 11) is 12.1. The lowest BCUT2D eigenvalue weighted by Gasteiger charge is -2.28. The largest absolute Gasteiger partial charge is 1.00 e. The average molecular weight is 271 g/mol. The van der Waals surface area contributed by atoms with E-state index in [0.29, 0.717) is 0 Å². The number of guanidine groups is 1. The first kappa shape index (κ1) is 13.7. The molecular formula is C7H18IN3. The average Bonchev–Trinajstić information content (AvgIpc) is 1.60. The molecule has 0 aromatic heterocycles. The van der Waals surface area contributed by atoms with Crippen LogP contribution in [-0.4, -0.2) is 57.6 Å². The standard InChI is InChI=1S/C7H18N3.HI/c1-8-7(9(2)3)10(4,5)6;/h1-6H3;1H/q+1;/p-1. The van der Waals surface area contributed by atoms with E-state index in [9.17, 15) is 0 Å². The van der Waals surface area contributed by atoms with Gasteiger partial charge in [-0.2, -0.15) is 0 Å². The molecule has 0 aromatic rings. The summed E-state index contributed by atoms with van der Waals surface area (Å²) >= 11 is 0. The predicted molar refractivity (Wildman–Crippen MR) is 45.1 cm³/mol. The topological polar surface area (TPSA) is 15.6 Å². The van der Waals surface area contributed by atoms with Crippen LogP contribution in [0.5, 0.6) is 0 Å². The highest BCUT2D eigenvalue weighted by molar-refractivity contribution is 5.72. The van der Waals surface area contributed by atoms with Crippen molar-refractivity contribution < 1.29 is 28.5 Å². The van der Waals surface area contributed by atoms with E-state index in [1.54, 1.807) is 0 Å². The van der Waals surface area contributed by atoms with E-state index in [1.165, 1.54) is 0 Å². The zero-order valence-corrected chi connectivity index (χ0v) is 10.4. The third-order valence-electron chi connectivity index (χ3n) is 1.20. The van der Waals surface area contributed by atoms with Crippen molar-refractivity contribution in [3.05, 3.63) is 0 Å². The van der Waals surface area contributed by atoms with Crippen LogP contribution in [-0.2, 0) is 0 Å². The highest BCUT2D eigenvalue weighted by atomic mass is 127. The molecule has 0 saturated carbocycles. The molecule has 3 nitrogen and oxygen atoms in total. The van der Waals surface area contributed by atoms with Crippen molar-refractivity contribution in [2.75, 3.05) is 42.3 Å². The normalized spacial score (nSPS) is 12.4. The molecule has 0 fully saturated rings. The van der Waals surface area contributed by atoms with E-state index in [0.717, 1.165) is 10.4 Å². The number of halogens is 1. The summed E-state index contributed by atoms with van der Waals surface area (Å²) < 4.78 is 0.767. The Morgan fingerprint density at radius 3 is 1.55 bits per heavy atom. The van der Waals surface area contributed by atoms with Crippen molar-refractivity contribution in [2.45, 2.75) is 0 Å². The van der Waals surface area contributed by atoms with Gasteiger partial charge in [-0.25, -0.2) is 4.99 Å². The molecule has 0 radical (unpaired) electrons. The van der Waals surface area contributed by atoms with Crippen LogP contribution in [0.4, 0.5) is 0 Å². The van der Waals surface area contributed by atoms with E-state index < -0.39 is 0 Å². The molecule has 0 unspecified atom stereocenters. The van der Waals surface area contributed by atoms with Gasteiger partial charge in [-0.05, 0) is 0 Å². The zero-order valence-electron chi connectivity index (χ0n) is 8.22. The van der Waals surface area contributed by atoms with E-state index in [-0.39, 0.29) is 24.0 Å². The molecule has 0 bridgehead atoms. The summed E-state index contributed by atoms with van der Waals surface area (Å²) in [5.41, 5.74) is 0. The third-order valence-corrected chi connectivity index (χ3v) is 1.20. The van der Waals surface area contributed by atoms with Crippen molar-refractivity contribution in [1.29, 1.82) is 0 Å². The Bertz CT molecular complexity index is 135. The maximum Gasteiger partial charge on any atom is 0.298 e. The van der Waals surface area contributed by atoms with Gasteiger partial charge in [0.25, 0.3) is 5.96 Å². The van der Waals surface area contributed by atoms with Gasteiger partial charge in [0.2, 0.25) is 0 Å². The van der Waals surface area contributed by atoms with Crippen molar-refractivity contribution in [3.63, 3.8) is 0 Å². The Labute approximate surface area is 86.7 Å². The minimum absolute atomic E-state index is 0. The zero-order chi connectivity index (χ0) is 8.36. The van der Waals surface area contributed by atoms with Gasteiger partial charge < -0.3 is 28.9 Å². The monoisotopic (exact) mass is 271 g/mol. The Morgan fingerprint density at radius 1 is 1.18 bits per heavy atom. The summed E-state index contributed by atoms with van der Waals surface area (Å²) in [6.07, 6.45) is 0. The first-order chi connectivity index (χ1) is 4.39. The van der Waals surface area contributed by atoms with Gasteiger partial charge >= 0.3 is 0 Å². The second-order valence-corrected chi connectivity index (χ2v) is 3.43. The smallest absolute Gasteiger partial charge is 0.298 e. The van der Waals surface area contributed by atoms with Gasteiger partial charge in [-0.1, -0.05) is 0 Å². The summed E-state index contributed by atoms with van der Waals surface area (Å²) in [6, 6.07) is 0. The van der Waals surface area contributed by atoms with Crippen LogP contribution in [0, 0.1) is 0 Å². The summed E-state index contributed by atoms with van der Waals surface area (Å²) in [5, 5.41) is 0. The second-order valence-electron chi connectivity index (χ2n) is 3.43. The van der Waals surface area contributed by atoms with Crippen LogP contribution in [0.1, 0.15) is 0 Å². The van der Waals surface area contributed by atoms with Gasteiger partial charge in [0, 0.05) is 21.1 Å². The van der Waals surface area contributed by atoms with Crippen LogP contribution in [0.25, 0.3) is 0 Å². The van der Waals surface area contributed by atoms with E-state index in [2.05, 4.69) is 26.1 Å². The fourth-order valence-electron chi connectivity index (χ4n) is 1.10. The van der Waals surface area contributed by atoms with E-state index >= 15 is 0 Å². The van der Waals surface area contributed by atoms with Gasteiger partial charge in [0.15, 0.2) is 0 Å². The molecule has 0 aliphatic rings. The highest BCUT2D eigenvalue weighted by Gasteiger charge is 2.18. The molecular weight excluding hydrogens is 253 g/mol. The molecule has 0 amide bonds. The lowest BCUT2D eigenvalue weighted by molar-refractivity contribution is -0.782. The number of hydrogen-bond donors (Lipinski definition) is 0. The fraction of sp³-hybridized carbons (Fsp3) is 0.857. The number of nitrogens with zero attached hydrogens (tertiary/aromatic N) is 3. The molecule has 0 heterocycles. The Balaban J connectivity index is 0. The van der Waals surface area contributed by atoms with Crippen molar-refractivity contribution in [2.24, 2.45) is 4.99 Å². The number of hydrogen-bond acceptors (Lipinski definition) is 1. The Morgan fingerprint density at radius 2 is 1.55 bits per heavy atom. The van der Waals surface area contributed by atoms with E-state index in [4.69, 9.17) is 0 Å². The molecule has 0 aliphatic heterocycles. The molecule has 0 aromatic carbocycles. The van der Waals surface area contributed by atoms with Gasteiger partial charge in [0.1, 0.15) is 0 Å². The van der Waals surface area contributed by atoms with Crippen LogP contribution in [0.3, 0.4) is 0 Å². The van der Waals surface area contributed by atoms with Crippen LogP contribution in [0.2, 0.25) is 0 Å². The third kappa shape index (κ3) is 4.58. The number of quaternary nitrogens is 1. The van der Waals surface area contributed by atoms with E-state index in [1.807, 2.05) is 26.0 Å². The minimum Gasteiger partial charge on any atom is -1.00 e. The molecule has 0 atom stereocenters. The van der Waals surface area contributed by atoms with Crippen LogP contribution in [0.15, 0.2) is 4.99 Å². The molecule has 0 rings (SSSR count). The fourth-order valence-corrected chi connectivity index (χ4v) is 1.10. The summed E-state index contributed by atoms with van der Waals surface area (Å²) in [5.74, 6) is 1.07. The molecule has 0 saturated heterocycles. The Kier molecular flexibility index (Phi) is 6.14. The molecule has 0 aliphatic carbocycles. The molecule has 0 spiro atoms. The molecule has 0 N–H and O–H groups in total. The number of rotatable bonds is 0. The highest BCUT2D eigenvalue weighted by Crippen LogP contribution is 1.96. The van der Waals surface area contributed by atoms with Gasteiger partial charge in [-0.3, -0.25) is 4.48 Å². The predicted octanol–water partition coefficient (Wildman–Crippen LogP) is -2.76. The molecule has 68 valence electrons. The van der Waals surface area contributed by atoms with Crippen LogP contribution < -0.4 is 24.0 Å². The summed E-state index contributed by atoms with van der Waals surface area (Å²) in [4.78, 5) is 6.20. The quantitative estimate of drug-likeness (QED) is 0.202. The summed E-state index contributed by atoms with van der Waals surface area (Å²) in [6.45, 7) is 0. The second kappa shape index (κ2) is 4.92. The first-order valence-electron chi connectivity index (χ1n) is 3.35. The molecule has 4 heteroatoms. The van der Waals surface area contributed by atoms with Gasteiger partial charge in [0.05, 0.1) is 21.1 Å². The first-order valence-corrected chi connectivity index (χ1v) is 3.35. The molecule has 11 heavy (non-hydrogen) atoms. The van der Waals surface area contributed by atoms with Crippen molar-refractivity contribution in [1.82, 2.24) is 4.90 Å².